The average Bonchev–Trinajstić information content (AvgIpc) is 3.43. The molecule has 0 radical (unpaired) electrons. The summed E-state index contributed by atoms with van der Waals surface area (Å²) in [5.41, 5.74) is 3.73. The molecule has 0 fully saturated rings. The van der Waals surface area contributed by atoms with Gasteiger partial charge in [0.2, 0.25) is 0 Å². The van der Waals surface area contributed by atoms with E-state index in [1.165, 1.54) is 0 Å². The highest BCUT2D eigenvalue weighted by Crippen LogP contribution is 2.27. The molecule has 7 nitrogen and oxygen atoms in total. The van der Waals surface area contributed by atoms with Crippen molar-refractivity contribution in [3.63, 3.8) is 0 Å². The molecule has 2 aromatic carbocycles. The number of amides is 1. The van der Waals surface area contributed by atoms with E-state index in [1.54, 1.807) is 35.3 Å². The number of rotatable bonds is 5. The first-order valence-corrected chi connectivity index (χ1v) is 9.76. The first-order chi connectivity index (χ1) is 15.2. The molecule has 2 N–H and O–H groups in total. The zero-order valence-corrected chi connectivity index (χ0v) is 16.7. The van der Waals surface area contributed by atoms with Crippen LogP contribution < -0.4 is 10.1 Å². The molecule has 0 atom stereocenters. The van der Waals surface area contributed by atoms with E-state index >= 15 is 0 Å². The van der Waals surface area contributed by atoms with Crippen LogP contribution in [-0.2, 0) is 7.05 Å². The quantitative estimate of drug-likeness (QED) is 0.427. The number of aromatic nitrogens is 4. The van der Waals surface area contributed by atoms with Crippen molar-refractivity contribution >= 4 is 22.5 Å². The maximum absolute atomic E-state index is 12.8. The van der Waals surface area contributed by atoms with Gasteiger partial charge in [0, 0.05) is 54.4 Å². The predicted octanol–water partition coefficient (Wildman–Crippen LogP) is 5.01. The van der Waals surface area contributed by atoms with Crippen LogP contribution in [0.15, 0.2) is 85.5 Å². The first kappa shape index (κ1) is 18.6. The van der Waals surface area contributed by atoms with Gasteiger partial charge in [0.25, 0.3) is 5.91 Å². The number of ether oxygens (including phenoxy) is 1. The summed E-state index contributed by atoms with van der Waals surface area (Å²) in [5, 5.41) is 8.12. The minimum Gasteiger partial charge on any atom is -0.457 e. The maximum atomic E-state index is 12.8. The molecule has 0 aliphatic carbocycles. The molecule has 5 rings (SSSR count). The fourth-order valence-corrected chi connectivity index (χ4v) is 3.43. The van der Waals surface area contributed by atoms with Gasteiger partial charge < -0.3 is 15.0 Å². The molecule has 5 aromatic rings. The van der Waals surface area contributed by atoms with E-state index in [0.717, 1.165) is 22.2 Å². The zero-order valence-electron chi connectivity index (χ0n) is 16.7. The summed E-state index contributed by atoms with van der Waals surface area (Å²) >= 11 is 0. The Morgan fingerprint density at radius 1 is 1.06 bits per heavy atom. The van der Waals surface area contributed by atoms with Crippen LogP contribution >= 0.6 is 0 Å². The van der Waals surface area contributed by atoms with E-state index in [2.05, 4.69) is 20.4 Å². The summed E-state index contributed by atoms with van der Waals surface area (Å²) in [4.78, 5) is 20.3. The molecule has 0 spiro atoms. The van der Waals surface area contributed by atoms with Crippen molar-refractivity contribution in [1.29, 1.82) is 0 Å². The lowest BCUT2D eigenvalue weighted by Gasteiger charge is -2.10. The average molecular weight is 409 g/mol. The molecule has 1 amide bonds. The van der Waals surface area contributed by atoms with Gasteiger partial charge in [0.05, 0.1) is 23.0 Å². The largest absolute Gasteiger partial charge is 0.457 e. The summed E-state index contributed by atoms with van der Waals surface area (Å²) in [6, 6.07) is 18.5. The Bertz CT molecular complexity index is 1390. The van der Waals surface area contributed by atoms with Gasteiger partial charge in [-0.1, -0.05) is 18.2 Å². The SMILES string of the molecule is Cn1cc(-c2cc(Oc3cccc(NC(=O)c4cccc5cc[nH]c45)c3)ccn2)cn1. The second kappa shape index (κ2) is 7.79. The number of nitrogens with one attached hydrogen (secondary N) is 2. The van der Waals surface area contributed by atoms with Crippen LogP contribution in [-0.4, -0.2) is 25.7 Å². The molecule has 0 bridgehead atoms. The molecule has 0 aliphatic rings. The third-order valence-electron chi connectivity index (χ3n) is 4.89. The maximum Gasteiger partial charge on any atom is 0.257 e. The van der Waals surface area contributed by atoms with E-state index in [0.29, 0.717) is 22.7 Å². The molecular weight excluding hydrogens is 390 g/mol. The molecule has 7 heteroatoms. The third kappa shape index (κ3) is 3.89. The van der Waals surface area contributed by atoms with Crippen LogP contribution in [0.3, 0.4) is 0 Å². The number of aryl methyl sites for hydroxylation is 1. The second-order valence-electron chi connectivity index (χ2n) is 7.11. The third-order valence-corrected chi connectivity index (χ3v) is 4.89. The van der Waals surface area contributed by atoms with E-state index < -0.39 is 0 Å². The Labute approximate surface area is 178 Å². The van der Waals surface area contributed by atoms with E-state index in [1.807, 2.05) is 61.9 Å². The number of fused-ring (bicyclic) bond motifs is 1. The van der Waals surface area contributed by atoms with E-state index in [9.17, 15) is 4.79 Å². The Hall–Kier alpha value is -4.39. The topological polar surface area (TPSA) is 84.8 Å². The van der Waals surface area contributed by atoms with Gasteiger partial charge in [-0.3, -0.25) is 14.5 Å². The van der Waals surface area contributed by atoms with Gasteiger partial charge in [-0.15, -0.1) is 0 Å². The fourth-order valence-electron chi connectivity index (χ4n) is 3.43. The number of benzene rings is 2. The molecule has 0 unspecified atom stereocenters. The highest BCUT2D eigenvalue weighted by molar-refractivity contribution is 6.12. The fraction of sp³-hybridized carbons (Fsp3) is 0.0417. The normalized spacial score (nSPS) is 10.9. The number of hydrogen-bond acceptors (Lipinski definition) is 4. The van der Waals surface area contributed by atoms with Crippen LogP contribution in [0.2, 0.25) is 0 Å². The van der Waals surface area contributed by atoms with Gasteiger partial charge in [-0.25, -0.2) is 0 Å². The minimum absolute atomic E-state index is 0.187. The summed E-state index contributed by atoms with van der Waals surface area (Å²) in [6.45, 7) is 0. The number of para-hydroxylation sites is 1. The lowest BCUT2D eigenvalue weighted by atomic mass is 10.1. The number of H-pyrrole nitrogens is 1. The highest BCUT2D eigenvalue weighted by Gasteiger charge is 2.12. The number of nitrogens with zero attached hydrogens (tertiary/aromatic N) is 3. The van der Waals surface area contributed by atoms with Crippen molar-refractivity contribution in [3.05, 3.63) is 91.0 Å². The molecule has 152 valence electrons. The summed E-state index contributed by atoms with van der Waals surface area (Å²) in [7, 11) is 1.86. The Balaban J connectivity index is 1.35. The molecular formula is C24H19N5O2. The van der Waals surface area contributed by atoms with Crippen molar-refractivity contribution in [2.24, 2.45) is 7.05 Å². The number of pyridine rings is 1. The summed E-state index contributed by atoms with van der Waals surface area (Å²) in [5.74, 6) is 1.07. The summed E-state index contributed by atoms with van der Waals surface area (Å²) in [6.07, 6.45) is 7.17. The molecule has 0 saturated heterocycles. The first-order valence-electron chi connectivity index (χ1n) is 9.76. The van der Waals surface area contributed by atoms with Gasteiger partial charge in [0.15, 0.2) is 0 Å². The number of carbonyl (C=O) groups is 1. The van der Waals surface area contributed by atoms with Crippen LogP contribution in [0.4, 0.5) is 5.69 Å². The van der Waals surface area contributed by atoms with Crippen LogP contribution in [0.5, 0.6) is 11.5 Å². The van der Waals surface area contributed by atoms with Gasteiger partial charge in [-0.2, -0.15) is 5.10 Å². The Morgan fingerprint density at radius 2 is 1.94 bits per heavy atom. The van der Waals surface area contributed by atoms with Crippen molar-refractivity contribution in [1.82, 2.24) is 19.7 Å². The number of carbonyl (C=O) groups excluding carboxylic acids is 1. The van der Waals surface area contributed by atoms with Gasteiger partial charge >= 0.3 is 0 Å². The zero-order chi connectivity index (χ0) is 21.2. The number of hydrogen-bond donors (Lipinski definition) is 2. The molecule has 0 aliphatic heterocycles. The van der Waals surface area contributed by atoms with Crippen LogP contribution in [0.1, 0.15) is 10.4 Å². The standard InChI is InChI=1S/C24H19N5O2/c1-29-15-17(14-27-29)22-13-20(9-11-25-22)31-19-6-3-5-18(12-19)28-24(30)21-7-2-4-16-8-10-26-23(16)21/h2-15,26H,1H3,(H,28,30). The minimum atomic E-state index is -0.187. The van der Waals surface area contributed by atoms with Crippen molar-refractivity contribution < 1.29 is 9.53 Å². The van der Waals surface area contributed by atoms with E-state index in [-0.39, 0.29) is 5.91 Å². The van der Waals surface area contributed by atoms with Crippen molar-refractivity contribution in [2.75, 3.05) is 5.32 Å². The lowest BCUT2D eigenvalue weighted by molar-refractivity contribution is 0.102. The number of anilines is 1. The predicted molar refractivity (Wildman–Crippen MR) is 119 cm³/mol. The van der Waals surface area contributed by atoms with Crippen LogP contribution in [0.25, 0.3) is 22.2 Å². The monoisotopic (exact) mass is 409 g/mol. The second-order valence-corrected chi connectivity index (χ2v) is 7.11. The van der Waals surface area contributed by atoms with Gasteiger partial charge in [-0.05, 0) is 30.3 Å². The lowest BCUT2D eigenvalue weighted by Crippen LogP contribution is -2.12. The smallest absolute Gasteiger partial charge is 0.257 e. The molecule has 31 heavy (non-hydrogen) atoms. The molecule has 3 aromatic heterocycles. The van der Waals surface area contributed by atoms with Gasteiger partial charge in [0.1, 0.15) is 11.5 Å². The summed E-state index contributed by atoms with van der Waals surface area (Å²) < 4.78 is 7.74. The molecule has 0 saturated carbocycles. The molecule has 3 heterocycles. The van der Waals surface area contributed by atoms with Crippen LogP contribution in [0, 0.1) is 0 Å². The van der Waals surface area contributed by atoms with Crippen molar-refractivity contribution in [2.45, 2.75) is 0 Å². The Kier molecular flexibility index (Phi) is 4.68. The highest BCUT2D eigenvalue weighted by atomic mass is 16.5. The van der Waals surface area contributed by atoms with Crippen molar-refractivity contribution in [3.8, 4) is 22.8 Å². The Morgan fingerprint density at radius 3 is 2.81 bits per heavy atom. The number of aromatic amines is 1. The van der Waals surface area contributed by atoms with E-state index in [4.69, 9.17) is 4.74 Å².